The predicted molar refractivity (Wildman–Crippen MR) is 95.7 cm³/mol. The Morgan fingerprint density at radius 1 is 1.30 bits per heavy atom. The number of rotatable bonds is 6. The first-order valence-electron chi connectivity index (χ1n) is 7.84. The number of ether oxygens (including phenoxy) is 1. The number of carbonyl (C=O) groups excluding carboxylic acids is 1. The molecule has 0 saturated heterocycles. The fourth-order valence-electron chi connectivity index (χ4n) is 2.74. The van der Waals surface area contributed by atoms with Gasteiger partial charge in [-0.25, -0.2) is 4.98 Å². The summed E-state index contributed by atoms with van der Waals surface area (Å²) in [6, 6.07) is 7.98. The van der Waals surface area contributed by atoms with Crippen molar-refractivity contribution in [2.75, 3.05) is 12.4 Å². The van der Waals surface area contributed by atoms with Crippen LogP contribution in [0.15, 0.2) is 24.3 Å². The Labute approximate surface area is 141 Å². The molecule has 0 radical (unpaired) electrons. The molecule has 1 aromatic carbocycles. The molecule has 2 rings (SSSR count). The molecule has 0 fully saturated rings. The van der Waals surface area contributed by atoms with Gasteiger partial charge in [-0.3, -0.25) is 4.79 Å². The van der Waals surface area contributed by atoms with E-state index >= 15 is 0 Å². The Hall–Kier alpha value is -1.88. The van der Waals surface area contributed by atoms with Crippen LogP contribution in [0.2, 0.25) is 0 Å². The Bertz CT molecular complexity index is 679. The van der Waals surface area contributed by atoms with Crippen LogP contribution in [0.3, 0.4) is 0 Å². The number of benzene rings is 1. The Kier molecular flexibility index (Phi) is 5.77. The fraction of sp³-hybridized carbons (Fsp3) is 0.444. The quantitative estimate of drug-likeness (QED) is 0.821. The van der Waals surface area contributed by atoms with E-state index in [9.17, 15) is 4.79 Å². The lowest BCUT2D eigenvalue weighted by Gasteiger charge is -2.18. The molecule has 124 valence electrons. The summed E-state index contributed by atoms with van der Waals surface area (Å²) in [6.45, 7) is 8.48. The second-order valence-electron chi connectivity index (χ2n) is 6.14. The number of carbonyl (C=O) groups is 1. The van der Waals surface area contributed by atoms with Gasteiger partial charge in [-0.05, 0) is 36.8 Å². The lowest BCUT2D eigenvalue weighted by Crippen LogP contribution is -2.14. The van der Waals surface area contributed by atoms with Gasteiger partial charge in [0.05, 0.1) is 12.1 Å². The Balaban J connectivity index is 2.24. The SMILES string of the molecule is COc1nc(C)sc1C(=O)Nc1ccccc1C(C)CC(C)C. The molecular formula is C18H24N2O2S. The maximum Gasteiger partial charge on any atom is 0.271 e. The standard InChI is InChI=1S/C18H24N2O2S/c1-11(2)10-12(3)14-8-6-7-9-15(14)20-17(21)16-18(22-5)19-13(4)23-16/h6-9,11-12H,10H2,1-5H3,(H,20,21). The lowest BCUT2D eigenvalue weighted by atomic mass is 9.91. The first kappa shape index (κ1) is 17.5. The molecule has 0 saturated carbocycles. The van der Waals surface area contributed by atoms with E-state index in [1.165, 1.54) is 18.4 Å². The molecule has 1 heterocycles. The molecule has 1 atom stereocenters. The van der Waals surface area contributed by atoms with E-state index in [2.05, 4.69) is 37.1 Å². The van der Waals surface area contributed by atoms with Crippen LogP contribution in [0.5, 0.6) is 5.88 Å². The van der Waals surface area contributed by atoms with Crippen molar-refractivity contribution in [3.05, 3.63) is 39.7 Å². The molecule has 2 aromatic rings. The van der Waals surface area contributed by atoms with Gasteiger partial charge in [0.25, 0.3) is 5.91 Å². The number of aryl methyl sites for hydroxylation is 1. The number of nitrogens with zero attached hydrogens (tertiary/aromatic N) is 1. The average Bonchev–Trinajstić information content (AvgIpc) is 2.88. The minimum absolute atomic E-state index is 0.170. The van der Waals surface area contributed by atoms with Gasteiger partial charge in [-0.15, -0.1) is 11.3 Å². The monoisotopic (exact) mass is 332 g/mol. The maximum atomic E-state index is 12.6. The topological polar surface area (TPSA) is 51.2 Å². The minimum Gasteiger partial charge on any atom is -0.480 e. The number of hydrogen-bond donors (Lipinski definition) is 1. The highest BCUT2D eigenvalue weighted by atomic mass is 32.1. The van der Waals surface area contributed by atoms with Gasteiger partial charge in [0.1, 0.15) is 0 Å². The highest BCUT2D eigenvalue weighted by molar-refractivity contribution is 7.14. The average molecular weight is 332 g/mol. The Morgan fingerprint density at radius 3 is 2.65 bits per heavy atom. The molecule has 1 aromatic heterocycles. The molecule has 1 amide bonds. The number of anilines is 1. The van der Waals surface area contributed by atoms with E-state index in [4.69, 9.17) is 4.74 Å². The molecular weight excluding hydrogens is 308 g/mol. The normalized spacial score (nSPS) is 12.3. The van der Waals surface area contributed by atoms with Crippen molar-refractivity contribution >= 4 is 22.9 Å². The maximum absolute atomic E-state index is 12.6. The van der Waals surface area contributed by atoms with Crippen LogP contribution in [0.4, 0.5) is 5.69 Å². The van der Waals surface area contributed by atoms with Gasteiger partial charge in [-0.1, -0.05) is 39.0 Å². The summed E-state index contributed by atoms with van der Waals surface area (Å²) in [4.78, 5) is 17.3. The summed E-state index contributed by atoms with van der Waals surface area (Å²) >= 11 is 1.34. The van der Waals surface area contributed by atoms with Crippen molar-refractivity contribution in [3.63, 3.8) is 0 Å². The summed E-state index contributed by atoms with van der Waals surface area (Å²) in [5.41, 5.74) is 2.02. The second-order valence-corrected chi connectivity index (χ2v) is 7.35. The smallest absolute Gasteiger partial charge is 0.271 e. The first-order valence-corrected chi connectivity index (χ1v) is 8.65. The molecule has 1 unspecified atom stereocenters. The van der Waals surface area contributed by atoms with Crippen molar-refractivity contribution in [2.24, 2.45) is 5.92 Å². The van der Waals surface area contributed by atoms with Gasteiger partial charge in [0.2, 0.25) is 5.88 Å². The number of methoxy groups -OCH3 is 1. The van der Waals surface area contributed by atoms with Gasteiger partial charge in [-0.2, -0.15) is 0 Å². The van der Waals surface area contributed by atoms with Crippen molar-refractivity contribution in [2.45, 2.75) is 40.0 Å². The molecule has 4 nitrogen and oxygen atoms in total. The molecule has 0 aliphatic heterocycles. The van der Waals surface area contributed by atoms with Crippen LogP contribution in [0.25, 0.3) is 0 Å². The highest BCUT2D eigenvalue weighted by Crippen LogP contribution is 2.31. The largest absolute Gasteiger partial charge is 0.480 e. The number of aromatic nitrogens is 1. The van der Waals surface area contributed by atoms with E-state index in [1.54, 1.807) is 0 Å². The van der Waals surface area contributed by atoms with Crippen molar-refractivity contribution in [1.82, 2.24) is 4.98 Å². The third kappa shape index (κ3) is 4.32. The fourth-order valence-corrected chi connectivity index (χ4v) is 3.53. The number of nitrogens with one attached hydrogen (secondary N) is 1. The molecule has 23 heavy (non-hydrogen) atoms. The summed E-state index contributed by atoms with van der Waals surface area (Å²) in [5, 5.41) is 3.83. The van der Waals surface area contributed by atoms with E-state index in [0.717, 1.165) is 22.7 Å². The minimum atomic E-state index is -0.170. The van der Waals surface area contributed by atoms with Gasteiger partial charge in [0, 0.05) is 5.69 Å². The summed E-state index contributed by atoms with van der Waals surface area (Å²) in [7, 11) is 1.53. The molecule has 5 heteroatoms. The molecule has 0 aliphatic rings. The zero-order chi connectivity index (χ0) is 17.0. The van der Waals surface area contributed by atoms with Crippen LogP contribution < -0.4 is 10.1 Å². The molecule has 1 N–H and O–H groups in total. The van der Waals surface area contributed by atoms with Crippen LogP contribution in [0, 0.1) is 12.8 Å². The van der Waals surface area contributed by atoms with E-state index in [1.807, 2.05) is 25.1 Å². The summed E-state index contributed by atoms with van der Waals surface area (Å²) in [5.74, 6) is 1.21. The summed E-state index contributed by atoms with van der Waals surface area (Å²) in [6.07, 6.45) is 1.08. The molecule has 0 aliphatic carbocycles. The third-order valence-electron chi connectivity index (χ3n) is 3.67. The van der Waals surface area contributed by atoms with Crippen LogP contribution in [-0.4, -0.2) is 18.0 Å². The molecule has 0 bridgehead atoms. The second kappa shape index (κ2) is 7.59. The van der Waals surface area contributed by atoms with E-state index in [-0.39, 0.29) is 5.91 Å². The van der Waals surface area contributed by atoms with Crippen molar-refractivity contribution < 1.29 is 9.53 Å². The van der Waals surface area contributed by atoms with Crippen molar-refractivity contribution in [1.29, 1.82) is 0 Å². The number of thiazole rings is 1. The third-order valence-corrected chi connectivity index (χ3v) is 4.62. The number of hydrogen-bond acceptors (Lipinski definition) is 4. The van der Waals surface area contributed by atoms with Gasteiger partial charge >= 0.3 is 0 Å². The van der Waals surface area contributed by atoms with Gasteiger partial charge < -0.3 is 10.1 Å². The predicted octanol–water partition coefficient (Wildman–Crippen LogP) is 4.86. The van der Waals surface area contributed by atoms with E-state index in [0.29, 0.717) is 22.6 Å². The van der Waals surface area contributed by atoms with Gasteiger partial charge in [0.15, 0.2) is 4.88 Å². The van der Waals surface area contributed by atoms with Crippen LogP contribution in [-0.2, 0) is 0 Å². The first-order chi connectivity index (χ1) is 10.9. The summed E-state index contributed by atoms with van der Waals surface area (Å²) < 4.78 is 5.19. The highest BCUT2D eigenvalue weighted by Gasteiger charge is 2.20. The van der Waals surface area contributed by atoms with Crippen LogP contribution in [0.1, 0.15) is 53.4 Å². The lowest BCUT2D eigenvalue weighted by molar-refractivity contribution is 0.102. The van der Waals surface area contributed by atoms with E-state index < -0.39 is 0 Å². The molecule has 0 spiro atoms. The zero-order valence-electron chi connectivity index (χ0n) is 14.3. The zero-order valence-corrected chi connectivity index (χ0v) is 15.2. The van der Waals surface area contributed by atoms with Crippen molar-refractivity contribution in [3.8, 4) is 5.88 Å². The number of amides is 1. The Morgan fingerprint density at radius 2 is 2.00 bits per heavy atom. The van der Waals surface area contributed by atoms with Crippen LogP contribution >= 0.6 is 11.3 Å². The number of para-hydroxylation sites is 1.